The molecule has 0 amide bonds. The Balaban J connectivity index is 2.58. The molecule has 0 saturated heterocycles. The van der Waals surface area contributed by atoms with Crippen molar-refractivity contribution < 1.29 is 26.3 Å². The second-order valence-corrected chi connectivity index (χ2v) is 4.20. The summed E-state index contributed by atoms with van der Waals surface area (Å²) in [6.45, 7) is 0. The first-order valence-electron chi connectivity index (χ1n) is 5.60. The van der Waals surface area contributed by atoms with Gasteiger partial charge in [0.05, 0.1) is 11.3 Å². The van der Waals surface area contributed by atoms with Crippen LogP contribution >= 0.6 is 0 Å². The normalized spacial score (nSPS) is 12.5. The standard InChI is InChI=1S/C13H8F6N2/c14-12(15,16)8-3-1-2-7(6-8)9-4-5-21-11(10(9)20)13(17,18)19/h1-6H,20H2. The summed E-state index contributed by atoms with van der Waals surface area (Å²) in [5.74, 6) is 0. The van der Waals surface area contributed by atoms with Gasteiger partial charge in [-0.15, -0.1) is 0 Å². The van der Waals surface area contributed by atoms with E-state index in [1.807, 2.05) is 0 Å². The number of aromatic nitrogens is 1. The lowest BCUT2D eigenvalue weighted by Crippen LogP contribution is -2.12. The Hall–Kier alpha value is -2.25. The van der Waals surface area contributed by atoms with Gasteiger partial charge in [-0.3, -0.25) is 0 Å². The van der Waals surface area contributed by atoms with Crippen molar-refractivity contribution in [3.63, 3.8) is 0 Å². The lowest BCUT2D eigenvalue weighted by Gasteiger charge is -2.14. The van der Waals surface area contributed by atoms with E-state index < -0.39 is 29.3 Å². The van der Waals surface area contributed by atoms with Gasteiger partial charge in [-0.1, -0.05) is 12.1 Å². The average molecular weight is 306 g/mol. The highest BCUT2D eigenvalue weighted by molar-refractivity contribution is 5.78. The van der Waals surface area contributed by atoms with E-state index in [1.54, 1.807) is 0 Å². The largest absolute Gasteiger partial charge is 0.435 e. The van der Waals surface area contributed by atoms with Crippen LogP contribution < -0.4 is 5.73 Å². The summed E-state index contributed by atoms with van der Waals surface area (Å²) in [5, 5.41) is 0. The fourth-order valence-electron chi connectivity index (χ4n) is 1.81. The average Bonchev–Trinajstić information content (AvgIpc) is 2.37. The van der Waals surface area contributed by atoms with Crippen LogP contribution in [0.5, 0.6) is 0 Å². The Morgan fingerprint density at radius 2 is 1.57 bits per heavy atom. The van der Waals surface area contributed by atoms with Gasteiger partial charge in [0.15, 0.2) is 5.69 Å². The van der Waals surface area contributed by atoms with E-state index in [2.05, 4.69) is 4.98 Å². The van der Waals surface area contributed by atoms with Gasteiger partial charge in [0.2, 0.25) is 0 Å². The summed E-state index contributed by atoms with van der Waals surface area (Å²) in [6, 6.07) is 5.06. The first kappa shape index (κ1) is 15.1. The zero-order valence-electron chi connectivity index (χ0n) is 10.3. The topological polar surface area (TPSA) is 38.9 Å². The van der Waals surface area contributed by atoms with Gasteiger partial charge in [0.25, 0.3) is 0 Å². The number of nitrogen functional groups attached to an aromatic ring is 1. The van der Waals surface area contributed by atoms with Crippen molar-refractivity contribution in [2.75, 3.05) is 5.73 Å². The number of hydrogen-bond donors (Lipinski definition) is 1. The van der Waals surface area contributed by atoms with Gasteiger partial charge in [-0.05, 0) is 23.8 Å². The minimum Gasteiger partial charge on any atom is -0.396 e. The predicted molar refractivity (Wildman–Crippen MR) is 64.1 cm³/mol. The summed E-state index contributed by atoms with van der Waals surface area (Å²) >= 11 is 0. The van der Waals surface area contributed by atoms with Crippen molar-refractivity contribution in [2.24, 2.45) is 0 Å². The number of halogens is 6. The van der Waals surface area contributed by atoms with Gasteiger partial charge >= 0.3 is 12.4 Å². The molecular weight excluding hydrogens is 298 g/mol. The lowest BCUT2D eigenvalue weighted by molar-refractivity contribution is -0.140. The van der Waals surface area contributed by atoms with Gasteiger partial charge in [0, 0.05) is 11.8 Å². The third kappa shape index (κ3) is 3.09. The number of rotatable bonds is 1. The van der Waals surface area contributed by atoms with Gasteiger partial charge in [0.1, 0.15) is 0 Å². The molecule has 1 heterocycles. The van der Waals surface area contributed by atoms with E-state index in [-0.39, 0.29) is 11.1 Å². The minimum atomic E-state index is -4.78. The van der Waals surface area contributed by atoms with Crippen LogP contribution in [0, 0.1) is 0 Å². The third-order valence-corrected chi connectivity index (χ3v) is 2.76. The van der Waals surface area contributed by atoms with Gasteiger partial charge < -0.3 is 5.73 Å². The molecule has 2 nitrogen and oxygen atoms in total. The van der Waals surface area contributed by atoms with Crippen LogP contribution in [0.4, 0.5) is 32.0 Å². The summed E-state index contributed by atoms with van der Waals surface area (Å²) in [6.07, 6.45) is -8.51. The Morgan fingerprint density at radius 1 is 0.905 bits per heavy atom. The molecule has 0 saturated carbocycles. The van der Waals surface area contributed by atoms with Crippen molar-refractivity contribution in [3.05, 3.63) is 47.8 Å². The van der Waals surface area contributed by atoms with Crippen molar-refractivity contribution >= 4 is 5.69 Å². The molecule has 2 aromatic rings. The molecule has 0 fully saturated rings. The molecule has 0 spiro atoms. The molecular formula is C13H8F6N2. The summed E-state index contributed by atoms with van der Waals surface area (Å²) < 4.78 is 76.0. The molecule has 2 N–H and O–H groups in total. The Bertz CT molecular complexity index is 660. The van der Waals surface area contributed by atoms with Crippen molar-refractivity contribution in [3.8, 4) is 11.1 Å². The van der Waals surface area contributed by atoms with Crippen LogP contribution in [0.25, 0.3) is 11.1 Å². The maximum absolute atomic E-state index is 12.7. The molecule has 0 bridgehead atoms. The number of nitrogens with zero attached hydrogens (tertiary/aromatic N) is 1. The van der Waals surface area contributed by atoms with E-state index >= 15 is 0 Å². The zero-order valence-corrected chi connectivity index (χ0v) is 10.3. The van der Waals surface area contributed by atoms with Gasteiger partial charge in [-0.2, -0.15) is 26.3 Å². The SMILES string of the molecule is Nc1c(-c2cccc(C(F)(F)F)c2)ccnc1C(F)(F)F. The smallest absolute Gasteiger partial charge is 0.396 e. The molecule has 112 valence electrons. The fourth-order valence-corrected chi connectivity index (χ4v) is 1.81. The molecule has 0 atom stereocenters. The second kappa shape index (κ2) is 4.94. The molecule has 21 heavy (non-hydrogen) atoms. The van der Waals surface area contributed by atoms with E-state index in [0.717, 1.165) is 30.5 Å². The summed E-state index contributed by atoms with van der Waals surface area (Å²) in [4.78, 5) is 3.13. The quantitative estimate of drug-likeness (QED) is 0.795. The Kier molecular flexibility index (Phi) is 3.56. The third-order valence-electron chi connectivity index (χ3n) is 2.76. The summed E-state index contributed by atoms with van der Waals surface area (Å²) in [5.41, 5.74) is 2.19. The number of hydrogen-bond acceptors (Lipinski definition) is 2. The zero-order chi connectivity index (χ0) is 15.8. The van der Waals surface area contributed by atoms with Crippen molar-refractivity contribution in [1.82, 2.24) is 4.98 Å². The number of alkyl halides is 6. The minimum absolute atomic E-state index is 0.0600. The van der Waals surface area contributed by atoms with Crippen molar-refractivity contribution in [2.45, 2.75) is 12.4 Å². The molecule has 0 unspecified atom stereocenters. The molecule has 0 aliphatic heterocycles. The second-order valence-electron chi connectivity index (χ2n) is 4.20. The number of benzene rings is 1. The molecule has 0 radical (unpaired) electrons. The van der Waals surface area contributed by atoms with Crippen LogP contribution in [0.1, 0.15) is 11.3 Å². The van der Waals surface area contributed by atoms with Crippen LogP contribution in [0.15, 0.2) is 36.5 Å². The molecule has 8 heteroatoms. The summed E-state index contributed by atoms with van der Waals surface area (Å²) in [7, 11) is 0. The maximum atomic E-state index is 12.7. The number of nitrogens with two attached hydrogens (primary N) is 1. The van der Waals surface area contributed by atoms with Gasteiger partial charge in [-0.25, -0.2) is 4.98 Å². The first-order chi connectivity index (χ1) is 9.60. The van der Waals surface area contributed by atoms with Crippen LogP contribution in [-0.2, 0) is 12.4 Å². The highest BCUT2D eigenvalue weighted by Gasteiger charge is 2.36. The fraction of sp³-hybridized carbons (Fsp3) is 0.154. The number of anilines is 1. The maximum Gasteiger partial charge on any atom is 0.435 e. The van der Waals surface area contributed by atoms with Crippen LogP contribution in [0.3, 0.4) is 0 Å². The molecule has 1 aromatic heterocycles. The Morgan fingerprint density at radius 3 is 2.14 bits per heavy atom. The predicted octanol–water partition coefficient (Wildman–Crippen LogP) is 4.37. The van der Waals surface area contributed by atoms with Crippen LogP contribution in [0.2, 0.25) is 0 Å². The molecule has 1 aromatic carbocycles. The molecule has 2 rings (SSSR count). The molecule has 0 aliphatic rings. The highest BCUT2D eigenvalue weighted by atomic mass is 19.4. The van der Waals surface area contributed by atoms with E-state index in [9.17, 15) is 26.3 Å². The molecule has 0 aliphatic carbocycles. The van der Waals surface area contributed by atoms with Crippen LogP contribution in [-0.4, -0.2) is 4.98 Å². The monoisotopic (exact) mass is 306 g/mol. The van der Waals surface area contributed by atoms with E-state index in [0.29, 0.717) is 0 Å². The first-order valence-corrected chi connectivity index (χ1v) is 5.60. The Labute approximate surface area is 115 Å². The van der Waals surface area contributed by atoms with E-state index in [1.165, 1.54) is 6.07 Å². The highest BCUT2D eigenvalue weighted by Crippen LogP contribution is 2.38. The van der Waals surface area contributed by atoms with Crippen molar-refractivity contribution in [1.29, 1.82) is 0 Å². The lowest BCUT2D eigenvalue weighted by atomic mass is 10.0. The number of pyridine rings is 1. The van der Waals surface area contributed by atoms with E-state index in [4.69, 9.17) is 5.73 Å².